The number of sulfonamides is 2. The SMILES string of the molecule is COCCc1ccc(Br)cn1.CON(Cc1ccc(-c2ccc([C@@H](O)[C@@H](CF)NC(=O)C(F)F)cc2)cn1)S(C)(=O)=O.CON(Cc1ccc(Br)cn1)S(C)(=O)=O.ClCc1ccc(Br)cn1.OCc1ccc(Br)cn1.[CH3][Sn]([CH3])([CH3])[c]1ccc([C@@H](O)[C@@H](CF)NC(=O)C(F)F)cc1. The van der Waals surface area contributed by atoms with Gasteiger partial charge in [-0.15, -0.1) is 11.6 Å². The third kappa shape index (κ3) is 33.9. The number of ether oxygens (including phenoxy) is 1. The fourth-order valence-electron chi connectivity index (χ4n) is 7.25. The molecular formula is C61H74Br4ClF6N9O12S2Sn. The Labute approximate surface area is 597 Å². The van der Waals surface area contributed by atoms with Gasteiger partial charge in [0.2, 0.25) is 20.0 Å². The van der Waals surface area contributed by atoms with Gasteiger partial charge in [-0.3, -0.25) is 39.4 Å². The first-order valence-corrected chi connectivity index (χ1v) is 45.5. The Kier molecular flexibility index (Phi) is 41.1. The zero-order valence-corrected chi connectivity index (χ0v) is 64.6. The third-order valence-corrected chi connectivity index (χ3v) is 22.5. The van der Waals surface area contributed by atoms with Crippen LogP contribution in [0.2, 0.25) is 14.8 Å². The summed E-state index contributed by atoms with van der Waals surface area (Å²) in [4.78, 5) is 58.6. The van der Waals surface area contributed by atoms with E-state index in [-0.39, 0.29) is 25.3 Å². The average molecular weight is 1780 g/mol. The summed E-state index contributed by atoms with van der Waals surface area (Å²) in [6.45, 7) is -1.58. The first-order valence-electron chi connectivity index (χ1n) is 28.1. The summed E-state index contributed by atoms with van der Waals surface area (Å²) < 4.78 is 132. The number of aromatic nitrogens is 5. The maximum absolute atomic E-state index is 13.1. The van der Waals surface area contributed by atoms with Gasteiger partial charge in [-0.1, -0.05) is 39.3 Å². The summed E-state index contributed by atoms with van der Waals surface area (Å²) in [6.07, 6.45) is 1.85. The van der Waals surface area contributed by atoms with Crippen LogP contribution in [0.1, 0.15) is 51.8 Å². The van der Waals surface area contributed by atoms with Gasteiger partial charge in [0.05, 0.1) is 87.7 Å². The number of aliphatic hydroxyl groups is 3. The molecule has 0 aliphatic rings. The van der Waals surface area contributed by atoms with Crippen molar-refractivity contribution >= 4 is 129 Å². The summed E-state index contributed by atoms with van der Waals surface area (Å²) in [7, 11) is -2.69. The van der Waals surface area contributed by atoms with Crippen molar-refractivity contribution in [2.45, 2.75) is 84.0 Å². The molecule has 0 saturated heterocycles. The molecule has 4 atom stereocenters. The van der Waals surface area contributed by atoms with Gasteiger partial charge in [0.15, 0.2) is 0 Å². The third-order valence-electron chi connectivity index (χ3n) is 12.4. The summed E-state index contributed by atoms with van der Waals surface area (Å²) in [5.41, 5.74) is 5.72. The molecule has 0 aliphatic carbocycles. The van der Waals surface area contributed by atoms with Crippen LogP contribution in [0.4, 0.5) is 26.3 Å². The minimum absolute atomic E-state index is 0.00722. The van der Waals surface area contributed by atoms with Crippen molar-refractivity contribution in [3.8, 4) is 11.1 Å². The van der Waals surface area contributed by atoms with E-state index < -0.39 is 101 Å². The number of carbonyl (C=O) groups excluding carboxylic acids is 2. The molecule has 0 radical (unpaired) electrons. The predicted octanol–water partition coefficient (Wildman–Crippen LogP) is 10.9. The van der Waals surface area contributed by atoms with Crippen LogP contribution in [0.3, 0.4) is 0 Å². The van der Waals surface area contributed by atoms with Gasteiger partial charge in [-0.2, -0.15) is 8.78 Å². The molecule has 0 unspecified atom stereocenters. The van der Waals surface area contributed by atoms with Crippen molar-refractivity contribution in [1.29, 1.82) is 0 Å². The zero-order valence-electron chi connectivity index (χ0n) is 53.0. The second kappa shape index (κ2) is 45.1. The van der Waals surface area contributed by atoms with Crippen molar-refractivity contribution in [3.05, 3.63) is 198 Å². The Balaban J connectivity index is 0.000000418. The molecule has 528 valence electrons. The van der Waals surface area contributed by atoms with E-state index in [1.807, 2.05) is 47.8 Å². The fourth-order valence-corrected chi connectivity index (χ4v) is 12.9. The molecule has 5 aromatic heterocycles. The average Bonchev–Trinajstić information content (AvgIpc) is 0.958. The molecular weight excluding hydrogens is 1700 g/mol. The molecule has 5 N–H and O–H groups in total. The fraction of sp³-hybridized carbons (Fsp3) is 0.361. The number of aliphatic hydroxyl groups excluding tert-OH is 3. The van der Waals surface area contributed by atoms with Gasteiger partial charge in [0, 0.05) is 73.7 Å². The Morgan fingerprint density at radius 1 is 0.542 bits per heavy atom. The summed E-state index contributed by atoms with van der Waals surface area (Å²) in [6, 6.07) is 28.6. The van der Waals surface area contributed by atoms with Crippen LogP contribution in [0.5, 0.6) is 0 Å². The molecule has 0 saturated carbocycles. The standard InChI is InChI=1S/C19H22F3N3O5S.C11H11F3NO2.C8H11BrN2O3S.C8H10BrNO.C6H5BrClN.C6H6BrNO.3CH3.Sn/c1-30-25(31(2,28)29)11-15-8-7-14(10-23-15)12-3-5-13(6-4-12)17(26)16(9-20)24-19(27)18(21)22;12-6-8(15-11(17)10(13)14)9(16)7-4-2-1-3-5-7;1-14-11(15(2,12)13)6-8-4-3-7(9)5-10-8;1-11-5-4-8-3-2-7(9)6-10-8;7-5-1-2-6(3-8)9-4-5;7-5-1-2-6(4-9)8-3-5;;;;/h3-8,10,16-18,26H,9,11H2,1-2H3,(H,24,27);2-5,8-10,16H,6H2,(H,15,17);3-5H,6H2,1-2H3;2-3,6H,4-5H2,1H3;1-2,4H,3H2;1-3,9H,4H2;3*1H3;/t16-,17-;8-,9-;;;;;;;;/m11......../s1. The number of benzene rings is 2. The van der Waals surface area contributed by atoms with Gasteiger partial charge in [-0.25, -0.2) is 21.2 Å². The number of hydrogen-bond donors (Lipinski definition) is 5. The van der Waals surface area contributed by atoms with Crippen LogP contribution in [-0.2, 0) is 76.0 Å². The van der Waals surface area contributed by atoms with Crippen LogP contribution in [-0.4, -0.2) is 175 Å². The summed E-state index contributed by atoms with van der Waals surface area (Å²) in [5.74, 6) is -2.76. The zero-order chi connectivity index (χ0) is 72.3. The van der Waals surface area contributed by atoms with E-state index >= 15 is 0 Å². The summed E-state index contributed by atoms with van der Waals surface area (Å²) in [5, 5.41) is 32.4. The molecule has 2 amide bonds. The van der Waals surface area contributed by atoms with Crippen LogP contribution in [0.15, 0.2) is 158 Å². The molecule has 21 nitrogen and oxygen atoms in total. The maximum atomic E-state index is 13.1. The number of methoxy groups -OCH3 is 1. The van der Waals surface area contributed by atoms with E-state index in [1.165, 1.54) is 36.1 Å². The topological polar surface area (TPSA) is 286 Å². The number of alkyl halides is 7. The normalized spacial score (nSPS) is 12.6. The van der Waals surface area contributed by atoms with Crippen molar-refractivity contribution < 1.29 is 82.5 Å². The number of nitrogens with one attached hydrogen (secondary N) is 2. The van der Waals surface area contributed by atoms with Crippen LogP contribution in [0.25, 0.3) is 11.1 Å². The molecule has 0 fully saturated rings. The molecule has 0 bridgehead atoms. The Morgan fingerprint density at radius 3 is 1.18 bits per heavy atom. The van der Waals surface area contributed by atoms with Crippen molar-refractivity contribution in [1.82, 2.24) is 44.5 Å². The Bertz CT molecular complexity index is 3560. The van der Waals surface area contributed by atoms with E-state index in [1.54, 1.807) is 91.8 Å². The number of hydroxylamine groups is 2. The number of pyridine rings is 5. The number of hydrogen-bond acceptors (Lipinski definition) is 17. The van der Waals surface area contributed by atoms with Gasteiger partial charge in [-0.05, 0) is 129 Å². The number of rotatable bonds is 25. The molecule has 7 aromatic rings. The molecule has 2 aromatic carbocycles. The van der Waals surface area contributed by atoms with E-state index in [9.17, 15) is 63.0 Å². The van der Waals surface area contributed by atoms with Crippen LogP contribution in [0, 0.1) is 0 Å². The molecule has 0 aliphatic heterocycles. The minimum atomic E-state index is -3.56. The second-order valence-electron chi connectivity index (χ2n) is 20.8. The van der Waals surface area contributed by atoms with Gasteiger partial charge in [0.25, 0.3) is 5.91 Å². The van der Waals surface area contributed by atoms with Crippen LogP contribution >= 0.6 is 75.3 Å². The van der Waals surface area contributed by atoms with Gasteiger partial charge >= 0.3 is 133 Å². The van der Waals surface area contributed by atoms with Gasteiger partial charge < -0.3 is 20.3 Å². The van der Waals surface area contributed by atoms with Crippen LogP contribution < -0.4 is 14.2 Å². The van der Waals surface area contributed by atoms with E-state index in [0.29, 0.717) is 39.7 Å². The van der Waals surface area contributed by atoms with E-state index in [4.69, 9.17) is 31.1 Å². The quantitative estimate of drug-likeness (QED) is 0.0154. The van der Waals surface area contributed by atoms with Crippen molar-refractivity contribution in [2.75, 3.05) is 53.8 Å². The number of carbonyl (C=O) groups is 2. The Hall–Kier alpha value is -4.70. The van der Waals surface area contributed by atoms with E-state index in [2.05, 4.69) is 103 Å². The monoisotopic (exact) mass is 1770 g/mol. The molecule has 96 heavy (non-hydrogen) atoms. The van der Waals surface area contributed by atoms with Gasteiger partial charge in [0.1, 0.15) is 12.8 Å². The summed E-state index contributed by atoms with van der Waals surface area (Å²) >= 11 is 16.3. The first kappa shape index (κ1) is 87.4. The molecule has 35 heteroatoms. The Morgan fingerprint density at radius 2 is 0.885 bits per heavy atom. The number of amides is 2. The molecule has 5 heterocycles. The number of nitrogens with zero attached hydrogens (tertiary/aromatic N) is 7. The first-order chi connectivity index (χ1) is 45.1. The van der Waals surface area contributed by atoms with E-state index in [0.717, 1.165) is 63.8 Å². The second-order valence-corrected chi connectivity index (χ2v) is 42.9. The predicted molar refractivity (Wildman–Crippen MR) is 370 cm³/mol. The van der Waals surface area contributed by atoms with Crippen molar-refractivity contribution in [3.63, 3.8) is 0 Å². The number of halogens is 11. The molecule has 7 rings (SSSR count). The van der Waals surface area contributed by atoms with Crippen molar-refractivity contribution in [2.24, 2.45) is 0 Å². The molecule has 0 spiro atoms.